The fourth-order valence-corrected chi connectivity index (χ4v) is 1.76. The first-order valence-electron chi connectivity index (χ1n) is 5.39. The zero-order valence-electron chi connectivity index (χ0n) is 9.81. The van der Waals surface area contributed by atoms with E-state index < -0.39 is 6.10 Å². The van der Waals surface area contributed by atoms with Crippen molar-refractivity contribution in [3.63, 3.8) is 0 Å². The first-order valence-corrected chi connectivity index (χ1v) is 6.18. The SMILES string of the molecule is CC(O)CC(C)NC(=O)/C=C/c1ccc(Br)o1. The number of hydrogen-bond acceptors (Lipinski definition) is 3. The maximum atomic E-state index is 11.5. The van der Waals surface area contributed by atoms with Gasteiger partial charge in [-0.2, -0.15) is 0 Å². The summed E-state index contributed by atoms with van der Waals surface area (Å²) >= 11 is 3.18. The zero-order valence-corrected chi connectivity index (χ0v) is 11.4. The van der Waals surface area contributed by atoms with Crippen LogP contribution in [0.2, 0.25) is 0 Å². The van der Waals surface area contributed by atoms with Crippen molar-refractivity contribution in [3.8, 4) is 0 Å². The Labute approximate surface area is 109 Å². The number of rotatable bonds is 5. The molecular formula is C12H16BrNO3. The normalized spacial score (nSPS) is 14.8. The molecule has 0 fully saturated rings. The Bertz CT molecular complexity index is 398. The lowest BCUT2D eigenvalue weighted by Gasteiger charge is -2.13. The first-order chi connectivity index (χ1) is 7.97. The highest BCUT2D eigenvalue weighted by molar-refractivity contribution is 9.10. The van der Waals surface area contributed by atoms with Crippen molar-refractivity contribution in [2.45, 2.75) is 32.4 Å². The molecule has 5 heteroatoms. The van der Waals surface area contributed by atoms with E-state index in [9.17, 15) is 4.79 Å². The number of halogens is 1. The topological polar surface area (TPSA) is 62.5 Å². The minimum absolute atomic E-state index is 0.0597. The van der Waals surface area contributed by atoms with Gasteiger partial charge in [0.25, 0.3) is 0 Å². The van der Waals surface area contributed by atoms with Gasteiger partial charge in [0.2, 0.25) is 5.91 Å². The van der Waals surface area contributed by atoms with E-state index in [2.05, 4.69) is 21.2 Å². The minimum atomic E-state index is -0.421. The smallest absolute Gasteiger partial charge is 0.244 e. The average Bonchev–Trinajstić information content (AvgIpc) is 2.59. The molecule has 1 aromatic heterocycles. The molecule has 1 amide bonds. The number of carbonyl (C=O) groups excluding carboxylic acids is 1. The summed E-state index contributed by atoms with van der Waals surface area (Å²) in [7, 11) is 0. The lowest BCUT2D eigenvalue weighted by atomic mass is 10.1. The third kappa shape index (κ3) is 5.70. The van der Waals surface area contributed by atoms with Crippen molar-refractivity contribution in [3.05, 3.63) is 28.6 Å². The van der Waals surface area contributed by atoms with Crippen LogP contribution >= 0.6 is 15.9 Å². The van der Waals surface area contributed by atoms with Gasteiger partial charge in [-0.25, -0.2) is 0 Å². The van der Waals surface area contributed by atoms with E-state index in [4.69, 9.17) is 9.52 Å². The van der Waals surface area contributed by atoms with Gasteiger partial charge in [-0.15, -0.1) is 0 Å². The number of amides is 1. The molecule has 0 aliphatic rings. The van der Waals surface area contributed by atoms with Crippen molar-refractivity contribution >= 4 is 27.9 Å². The average molecular weight is 302 g/mol. The lowest BCUT2D eigenvalue weighted by molar-refractivity contribution is -0.117. The monoisotopic (exact) mass is 301 g/mol. The van der Waals surface area contributed by atoms with Gasteiger partial charge in [0.15, 0.2) is 4.67 Å². The van der Waals surface area contributed by atoms with E-state index in [0.29, 0.717) is 16.9 Å². The number of furan rings is 1. The van der Waals surface area contributed by atoms with Gasteiger partial charge in [-0.1, -0.05) is 0 Å². The molecule has 0 aromatic carbocycles. The largest absolute Gasteiger partial charge is 0.450 e. The van der Waals surface area contributed by atoms with Crippen molar-refractivity contribution < 1.29 is 14.3 Å². The van der Waals surface area contributed by atoms with Gasteiger partial charge in [-0.05, 0) is 54.4 Å². The van der Waals surface area contributed by atoms with Crippen LogP contribution in [-0.4, -0.2) is 23.2 Å². The van der Waals surface area contributed by atoms with Crippen LogP contribution in [0.1, 0.15) is 26.0 Å². The van der Waals surface area contributed by atoms with Crippen LogP contribution in [0.15, 0.2) is 27.3 Å². The Morgan fingerprint density at radius 2 is 2.29 bits per heavy atom. The fourth-order valence-electron chi connectivity index (χ4n) is 1.44. The maximum Gasteiger partial charge on any atom is 0.244 e. The van der Waals surface area contributed by atoms with Crippen molar-refractivity contribution in [1.29, 1.82) is 0 Å². The van der Waals surface area contributed by atoms with Crippen LogP contribution in [0, 0.1) is 0 Å². The lowest BCUT2D eigenvalue weighted by Crippen LogP contribution is -2.33. The molecule has 1 aromatic rings. The molecule has 0 radical (unpaired) electrons. The molecule has 1 rings (SSSR count). The van der Waals surface area contributed by atoms with Gasteiger partial charge < -0.3 is 14.8 Å². The molecule has 17 heavy (non-hydrogen) atoms. The summed E-state index contributed by atoms with van der Waals surface area (Å²) in [6.07, 6.45) is 3.11. The molecule has 0 saturated heterocycles. The van der Waals surface area contributed by atoms with Crippen LogP contribution in [0.3, 0.4) is 0 Å². The van der Waals surface area contributed by atoms with Crippen LogP contribution < -0.4 is 5.32 Å². The van der Waals surface area contributed by atoms with E-state index in [0.717, 1.165) is 0 Å². The molecule has 0 saturated carbocycles. The molecule has 2 N–H and O–H groups in total. The summed E-state index contributed by atoms with van der Waals surface area (Å²) in [5, 5.41) is 11.9. The third-order valence-corrected chi connectivity index (χ3v) is 2.50. The van der Waals surface area contributed by atoms with Gasteiger partial charge >= 0.3 is 0 Å². The highest BCUT2D eigenvalue weighted by Gasteiger charge is 2.07. The van der Waals surface area contributed by atoms with Crippen LogP contribution in [0.25, 0.3) is 6.08 Å². The molecule has 94 valence electrons. The van der Waals surface area contributed by atoms with Crippen molar-refractivity contribution in [2.24, 2.45) is 0 Å². The Hall–Kier alpha value is -1.07. The van der Waals surface area contributed by atoms with E-state index in [1.54, 1.807) is 25.1 Å². The summed E-state index contributed by atoms with van der Waals surface area (Å²) in [5.41, 5.74) is 0. The van der Waals surface area contributed by atoms with Crippen LogP contribution in [0.4, 0.5) is 0 Å². The number of aliphatic hydroxyl groups excluding tert-OH is 1. The van der Waals surface area contributed by atoms with Crippen LogP contribution in [0.5, 0.6) is 0 Å². The first kappa shape index (κ1) is 14.0. The summed E-state index contributed by atoms with van der Waals surface area (Å²) in [6, 6.07) is 3.45. The highest BCUT2D eigenvalue weighted by atomic mass is 79.9. The Kier molecular flexibility index (Phi) is 5.44. The summed E-state index contributed by atoms with van der Waals surface area (Å²) in [6.45, 7) is 3.54. The van der Waals surface area contributed by atoms with Crippen molar-refractivity contribution in [2.75, 3.05) is 0 Å². The number of aliphatic hydroxyl groups is 1. The molecular weight excluding hydrogens is 286 g/mol. The van der Waals surface area contributed by atoms with Gasteiger partial charge in [-0.3, -0.25) is 4.79 Å². The molecule has 2 atom stereocenters. The molecule has 1 heterocycles. The predicted octanol–water partition coefficient (Wildman–Crippen LogP) is 2.33. The second kappa shape index (κ2) is 6.61. The molecule has 2 unspecified atom stereocenters. The number of nitrogens with one attached hydrogen (secondary N) is 1. The van der Waals surface area contributed by atoms with E-state index >= 15 is 0 Å². The fraction of sp³-hybridized carbons (Fsp3) is 0.417. The molecule has 4 nitrogen and oxygen atoms in total. The van der Waals surface area contributed by atoms with Crippen molar-refractivity contribution in [1.82, 2.24) is 5.32 Å². The zero-order chi connectivity index (χ0) is 12.8. The molecule has 0 bridgehead atoms. The quantitative estimate of drug-likeness (QED) is 0.821. The maximum absolute atomic E-state index is 11.5. The Morgan fingerprint density at radius 3 is 2.82 bits per heavy atom. The third-order valence-electron chi connectivity index (χ3n) is 2.08. The minimum Gasteiger partial charge on any atom is -0.450 e. The summed E-state index contributed by atoms with van der Waals surface area (Å²) in [4.78, 5) is 11.5. The molecule has 0 aliphatic heterocycles. The van der Waals surface area contributed by atoms with Gasteiger partial charge in [0.05, 0.1) is 6.10 Å². The second-order valence-electron chi connectivity index (χ2n) is 3.97. The van der Waals surface area contributed by atoms with Gasteiger partial charge in [0, 0.05) is 12.1 Å². The number of hydrogen-bond donors (Lipinski definition) is 2. The highest BCUT2D eigenvalue weighted by Crippen LogP contribution is 2.14. The molecule has 0 aliphatic carbocycles. The Balaban J connectivity index is 2.41. The predicted molar refractivity (Wildman–Crippen MR) is 69.3 cm³/mol. The Morgan fingerprint density at radius 1 is 1.59 bits per heavy atom. The molecule has 0 spiro atoms. The van der Waals surface area contributed by atoms with Gasteiger partial charge in [0.1, 0.15) is 5.76 Å². The summed E-state index contributed by atoms with van der Waals surface area (Å²) < 4.78 is 5.84. The van der Waals surface area contributed by atoms with Crippen LogP contribution in [-0.2, 0) is 4.79 Å². The van der Waals surface area contributed by atoms with E-state index in [-0.39, 0.29) is 11.9 Å². The van der Waals surface area contributed by atoms with E-state index in [1.807, 2.05) is 6.92 Å². The van der Waals surface area contributed by atoms with E-state index in [1.165, 1.54) is 6.08 Å². The number of carbonyl (C=O) groups is 1. The second-order valence-corrected chi connectivity index (χ2v) is 4.75. The summed E-state index contributed by atoms with van der Waals surface area (Å²) in [5.74, 6) is 0.404. The standard InChI is InChI=1S/C12H16BrNO3/c1-8(7-9(2)15)14-12(16)6-4-10-3-5-11(13)17-10/h3-6,8-9,15H,7H2,1-2H3,(H,14,16)/b6-4+.